The number of fused-ring (bicyclic) bond motifs is 6. The molecule has 0 amide bonds. The molecule has 178 valence electrons. The first kappa shape index (κ1) is 20.8. The molecule has 0 atom stereocenters. The Morgan fingerprint density at radius 2 is 0.789 bits per heavy atom. The van der Waals surface area contributed by atoms with Gasteiger partial charge in [0, 0.05) is 21.5 Å². The molecule has 38 heavy (non-hydrogen) atoms. The minimum Gasteiger partial charge on any atom is -0.306 e. The van der Waals surface area contributed by atoms with E-state index in [4.69, 9.17) is 0 Å². The molecule has 8 rings (SSSR count). The highest BCUT2D eigenvalue weighted by molar-refractivity contribution is 6.12. The summed E-state index contributed by atoms with van der Waals surface area (Å²) in [7, 11) is 0. The molecule has 6 nitrogen and oxygen atoms in total. The van der Waals surface area contributed by atoms with E-state index in [1.54, 1.807) is 12.7 Å². The summed E-state index contributed by atoms with van der Waals surface area (Å²) in [5.74, 6) is 0. The fraction of sp³-hybridized carbons (Fsp3) is 0. The van der Waals surface area contributed by atoms with Gasteiger partial charge in [-0.25, -0.2) is 19.9 Å². The summed E-state index contributed by atoms with van der Waals surface area (Å²) in [5, 5.41) is 4.81. The van der Waals surface area contributed by atoms with Crippen LogP contribution in [0, 0.1) is 0 Å². The molecule has 0 spiro atoms. The fourth-order valence-corrected chi connectivity index (χ4v) is 5.67. The van der Waals surface area contributed by atoms with E-state index in [-0.39, 0.29) is 0 Å². The lowest BCUT2D eigenvalue weighted by molar-refractivity contribution is 1.07. The molecule has 0 N–H and O–H groups in total. The Labute approximate surface area is 217 Å². The summed E-state index contributed by atoms with van der Waals surface area (Å²) in [6, 6.07) is 30.4. The van der Waals surface area contributed by atoms with E-state index in [0.29, 0.717) is 0 Å². The lowest BCUT2D eigenvalue weighted by atomic mass is 10.0. The fourth-order valence-electron chi connectivity index (χ4n) is 5.67. The smallest absolute Gasteiger partial charge is 0.115 e. The molecule has 0 aliphatic carbocycles. The first-order valence-corrected chi connectivity index (χ1v) is 12.4. The minimum absolute atomic E-state index is 0.950. The van der Waals surface area contributed by atoms with Gasteiger partial charge in [0.1, 0.15) is 12.7 Å². The van der Waals surface area contributed by atoms with Crippen molar-refractivity contribution >= 4 is 43.6 Å². The molecule has 0 unspecified atom stereocenters. The Kier molecular flexibility index (Phi) is 4.42. The van der Waals surface area contributed by atoms with Crippen molar-refractivity contribution in [2.75, 3.05) is 0 Å². The molecule has 4 heterocycles. The zero-order valence-electron chi connectivity index (χ0n) is 20.2. The highest BCUT2D eigenvalue weighted by Gasteiger charge is 2.16. The topological polar surface area (TPSA) is 61.4 Å². The number of para-hydroxylation sites is 2. The van der Waals surface area contributed by atoms with Crippen molar-refractivity contribution in [3.05, 3.63) is 122 Å². The van der Waals surface area contributed by atoms with Crippen LogP contribution in [0.5, 0.6) is 0 Å². The van der Waals surface area contributed by atoms with Crippen LogP contribution in [0.1, 0.15) is 0 Å². The second-order valence-electron chi connectivity index (χ2n) is 9.36. The number of hydrogen-bond acceptors (Lipinski definition) is 4. The van der Waals surface area contributed by atoms with Crippen molar-refractivity contribution in [1.82, 2.24) is 29.1 Å². The van der Waals surface area contributed by atoms with Gasteiger partial charge in [0.15, 0.2) is 0 Å². The third-order valence-corrected chi connectivity index (χ3v) is 7.29. The first-order valence-electron chi connectivity index (χ1n) is 12.4. The van der Waals surface area contributed by atoms with Crippen LogP contribution in [0.4, 0.5) is 0 Å². The Morgan fingerprint density at radius 3 is 1.24 bits per heavy atom. The zero-order valence-corrected chi connectivity index (χ0v) is 20.2. The van der Waals surface area contributed by atoms with E-state index < -0.39 is 0 Å². The number of nitrogens with zero attached hydrogens (tertiary/aromatic N) is 6. The maximum Gasteiger partial charge on any atom is 0.115 e. The number of hydrogen-bond donors (Lipinski definition) is 0. The molecule has 0 aliphatic rings. The van der Waals surface area contributed by atoms with Gasteiger partial charge in [0.05, 0.1) is 58.2 Å². The largest absolute Gasteiger partial charge is 0.306 e. The quantitative estimate of drug-likeness (QED) is 0.265. The van der Waals surface area contributed by atoms with E-state index in [2.05, 4.69) is 114 Å². The van der Waals surface area contributed by atoms with E-state index in [0.717, 1.165) is 33.4 Å². The minimum atomic E-state index is 0.950. The number of aromatic nitrogens is 6. The Hall–Kier alpha value is -5.36. The lowest BCUT2D eigenvalue weighted by Crippen LogP contribution is -1.95. The van der Waals surface area contributed by atoms with Crippen LogP contribution in [0.25, 0.3) is 66.1 Å². The number of rotatable bonds is 3. The van der Waals surface area contributed by atoms with Crippen LogP contribution in [0.3, 0.4) is 0 Å². The molecule has 0 radical (unpaired) electrons. The Morgan fingerprint density at radius 1 is 0.395 bits per heavy atom. The van der Waals surface area contributed by atoms with Crippen LogP contribution < -0.4 is 0 Å². The zero-order chi connectivity index (χ0) is 25.1. The highest BCUT2D eigenvalue weighted by Crippen LogP contribution is 2.37. The van der Waals surface area contributed by atoms with Crippen LogP contribution in [0.2, 0.25) is 0 Å². The van der Waals surface area contributed by atoms with Gasteiger partial charge in [0.25, 0.3) is 0 Å². The number of benzene rings is 4. The molecule has 0 saturated heterocycles. The molecule has 0 bridgehead atoms. The standard InChI is InChI=1S/C32H20N6/c1-3-7-29-25(5-1)27-13-21(9-11-31(27)37(29)23-15-33-19-34-16-23)22-10-12-32-28(14-22)26-6-2-4-8-30(26)38(32)24-17-35-20-36-18-24/h1-20H. The third-order valence-electron chi connectivity index (χ3n) is 7.29. The van der Waals surface area contributed by atoms with Crippen LogP contribution in [0.15, 0.2) is 122 Å². The van der Waals surface area contributed by atoms with Crippen molar-refractivity contribution in [1.29, 1.82) is 0 Å². The van der Waals surface area contributed by atoms with E-state index >= 15 is 0 Å². The maximum atomic E-state index is 4.26. The normalized spacial score (nSPS) is 11.7. The molecule has 8 aromatic rings. The molecular weight excluding hydrogens is 468 g/mol. The summed E-state index contributed by atoms with van der Waals surface area (Å²) in [4.78, 5) is 17.0. The van der Waals surface area contributed by atoms with Crippen molar-refractivity contribution < 1.29 is 0 Å². The van der Waals surface area contributed by atoms with Gasteiger partial charge in [-0.1, -0.05) is 48.5 Å². The summed E-state index contributed by atoms with van der Waals surface area (Å²) in [5.41, 5.74) is 8.78. The monoisotopic (exact) mass is 488 g/mol. The average Bonchev–Trinajstić information content (AvgIpc) is 3.50. The van der Waals surface area contributed by atoms with E-state index in [1.165, 1.54) is 32.7 Å². The molecule has 6 heteroatoms. The van der Waals surface area contributed by atoms with Gasteiger partial charge in [0.2, 0.25) is 0 Å². The summed E-state index contributed by atoms with van der Waals surface area (Å²) in [6.45, 7) is 0. The molecular formula is C32H20N6. The van der Waals surface area contributed by atoms with E-state index in [9.17, 15) is 0 Å². The van der Waals surface area contributed by atoms with Crippen LogP contribution >= 0.6 is 0 Å². The highest BCUT2D eigenvalue weighted by atomic mass is 15.0. The van der Waals surface area contributed by atoms with Crippen molar-refractivity contribution in [2.45, 2.75) is 0 Å². The lowest BCUT2D eigenvalue weighted by Gasteiger charge is -2.08. The van der Waals surface area contributed by atoms with E-state index in [1.807, 2.05) is 24.8 Å². The summed E-state index contributed by atoms with van der Waals surface area (Å²) < 4.78 is 4.46. The third kappa shape index (κ3) is 3.01. The van der Waals surface area contributed by atoms with Crippen LogP contribution in [-0.4, -0.2) is 29.1 Å². The van der Waals surface area contributed by atoms with Gasteiger partial charge in [-0.3, -0.25) is 0 Å². The molecule has 4 aromatic carbocycles. The maximum absolute atomic E-state index is 4.26. The van der Waals surface area contributed by atoms with Gasteiger partial charge >= 0.3 is 0 Å². The summed E-state index contributed by atoms with van der Waals surface area (Å²) in [6.07, 6.45) is 10.5. The molecule has 0 aliphatic heterocycles. The van der Waals surface area contributed by atoms with Gasteiger partial charge in [-0.05, 0) is 47.5 Å². The Balaban J connectivity index is 1.36. The summed E-state index contributed by atoms with van der Waals surface area (Å²) >= 11 is 0. The average molecular weight is 489 g/mol. The SMILES string of the molecule is c1ccc2c(c1)c1cc(-c3ccc4c(c3)c3ccccc3n4-c3cncnc3)ccc1n2-c1cncnc1. The second-order valence-corrected chi connectivity index (χ2v) is 9.36. The van der Waals surface area contributed by atoms with Crippen molar-refractivity contribution in [2.24, 2.45) is 0 Å². The molecule has 0 fully saturated rings. The predicted molar refractivity (Wildman–Crippen MR) is 152 cm³/mol. The predicted octanol–water partition coefficient (Wildman–Crippen LogP) is 7.13. The van der Waals surface area contributed by atoms with Crippen LogP contribution in [-0.2, 0) is 0 Å². The molecule has 0 saturated carbocycles. The first-order chi connectivity index (χ1) is 18.9. The Bertz CT molecular complexity index is 1970. The van der Waals surface area contributed by atoms with Crippen molar-refractivity contribution in [3.63, 3.8) is 0 Å². The van der Waals surface area contributed by atoms with Gasteiger partial charge in [-0.2, -0.15) is 0 Å². The molecule has 4 aromatic heterocycles. The van der Waals surface area contributed by atoms with Gasteiger partial charge < -0.3 is 9.13 Å². The van der Waals surface area contributed by atoms with Gasteiger partial charge in [-0.15, -0.1) is 0 Å². The second kappa shape index (κ2) is 8.08. The van der Waals surface area contributed by atoms with Crippen molar-refractivity contribution in [3.8, 4) is 22.5 Å².